The van der Waals surface area contributed by atoms with Crippen molar-refractivity contribution in [1.29, 1.82) is 0 Å². The Hall–Kier alpha value is -2.60. The number of carbonyl (C=O) groups is 1. The quantitative estimate of drug-likeness (QED) is 0.609. The van der Waals surface area contributed by atoms with Gasteiger partial charge in [-0.1, -0.05) is 65.9 Å². The van der Waals surface area contributed by atoms with Crippen LogP contribution in [-0.4, -0.2) is 38.7 Å². The molecule has 1 amide bonds. The zero-order valence-corrected chi connectivity index (χ0v) is 17.0. The van der Waals surface area contributed by atoms with Gasteiger partial charge in [0, 0.05) is 25.7 Å². The number of benzene rings is 2. The summed E-state index contributed by atoms with van der Waals surface area (Å²) in [5, 5.41) is 9.23. The summed E-state index contributed by atoms with van der Waals surface area (Å²) in [7, 11) is 1.96. The van der Waals surface area contributed by atoms with Crippen molar-refractivity contribution in [3.63, 3.8) is 0 Å². The average Bonchev–Trinajstić information content (AvgIpc) is 3.37. The highest BCUT2D eigenvalue weighted by Crippen LogP contribution is 2.37. The first kappa shape index (κ1) is 18.7. The monoisotopic (exact) mass is 392 g/mol. The third-order valence-electron chi connectivity index (χ3n) is 5.08. The number of aryl methyl sites for hydroxylation is 1. The van der Waals surface area contributed by atoms with Crippen LogP contribution < -0.4 is 0 Å². The Morgan fingerprint density at radius 3 is 2.50 bits per heavy atom. The summed E-state index contributed by atoms with van der Waals surface area (Å²) in [6.45, 7) is 3.75. The van der Waals surface area contributed by atoms with Crippen LogP contribution in [0.5, 0.6) is 0 Å². The van der Waals surface area contributed by atoms with Crippen molar-refractivity contribution in [1.82, 2.24) is 19.7 Å². The van der Waals surface area contributed by atoms with Crippen LogP contribution in [0.2, 0.25) is 0 Å². The average molecular weight is 393 g/mol. The Morgan fingerprint density at radius 1 is 1.04 bits per heavy atom. The first-order chi connectivity index (χ1) is 13.6. The minimum atomic E-state index is -0.312. The molecule has 0 saturated carbocycles. The minimum absolute atomic E-state index is 0.161. The van der Waals surface area contributed by atoms with E-state index in [0.29, 0.717) is 0 Å². The second-order valence-corrected chi connectivity index (χ2v) is 8.25. The maximum absolute atomic E-state index is 13.2. The molecular weight excluding hydrogens is 368 g/mol. The number of rotatable bonds is 5. The van der Waals surface area contributed by atoms with Gasteiger partial charge in [0.1, 0.15) is 5.25 Å². The third kappa shape index (κ3) is 3.83. The van der Waals surface area contributed by atoms with E-state index in [1.807, 2.05) is 59.0 Å². The minimum Gasteiger partial charge on any atom is -0.341 e. The molecule has 0 aliphatic carbocycles. The number of likely N-dealkylation sites (tertiary alicyclic amines) is 1. The Balaban J connectivity index is 1.65. The molecule has 1 aliphatic rings. The second-order valence-electron chi connectivity index (χ2n) is 7.18. The van der Waals surface area contributed by atoms with Gasteiger partial charge >= 0.3 is 0 Å². The summed E-state index contributed by atoms with van der Waals surface area (Å²) in [6, 6.07) is 18.2. The maximum atomic E-state index is 13.2. The van der Waals surface area contributed by atoms with Gasteiger partial charge in [0.25, 0.3) is 0 Å². The second kappa shape index (κ2) is 8.19. The molecule has 1 saturated heterocycles. The Labute approximate surface area is 169 Å². The normalized spacial score (nSPS) is 15.0. The van der Waals surface area contributed by atoms with Crippen LogP contribution in [0, 0.1) is 6.92 Å². The summed E-state index contributed by atoms with van der Waals surface area (Å²) in [6.07, 6.45) is 2.17. The van der Waals surface area contributed by atoms with Gasteiger partial charge in [0.05, 0.1) is 0 Å². The summed E-state index contributed by atoms with van der Waals surface area (Å²) in [5.74, 6) is 0.973. The number of nitrogens with zero attached hydrogens (tertiary/aromatic N) is 4. The smallest absolute Gasteiger partial charge is 0.240 e. The van der Waals surface area contributed by atoms with Crippen LogP contribution in [0.15, 0.2) is 59.8 Å². The molecule has 2 heterocycles. The van der Waals surface area contributed by atoms with Gasteiger partial charge in [-0.15, -0.1) is 10.2 Å². The highest BCUT2D eigenvalue weighted by molar-refractivity contribution is 8.00. The fourth-order valence-corrected chi connectivity index (χ4v) is 4.64. The first-order valence-corrected chi connectivity index (χ1v) is 10.5. The molecule has 1 atom stereocenters. The van der Waals surface area contributed by atoms with E-state index in [1.54, 1.807) is 0 Å². The van der Waals surface area contributed by atoms with Gasteiger partial charge in [-0.05, 0) is 31.4 Å². The molecule has 2 aromatic carbocycles. The van der Waals surface area contributed by atoms with Gasteiger partial charge in [0.2, 0.25) is 5.91 Å². The highest BCUT2D eigenvalue weighted by Gasteiger charge is 2.30. The molecule has 1 aromatic heterocycles. The van der Waals surface area contributed by atoms with E-state index in [0.717, 1.165) is 48.0 Å². The van der Waals surface area contributed by atoms with Crippen LogP contribution in [0.25, 0.3) is 11.4 Å². The van der Waals surface area contributed by atoms with E-state index in [2.05, 4.69) is 29.3 Å². The van der Waals surface area contributed by atoms with Crippen molar-refractivity contribution in [3.8, 4) is 11.4 Å². The molecule has 4 rings (SSSR count). The lowest BCUT2D eigenvalue weighted by molar-refractivity contribution is -0.129. The molecule has 0 N–H and O–H groups in total. The van der Waals surface area contributed by atoms with Gasteiger partial charge in [-0.2, -0.15) is 0 Å². The van der Waals surface area contributed by atoms with Crippen LogP contribution >= 0.6 is 11.8 Å². The van der Waals surface area contributed by atoms with E-state index in [1.165, 1.54) is 17.3 Å². The summed E-state index contributed by atoms with van der Waals surface area (Å²) < 4.78 is 1.98. The number of carbonyl (C=O) groups excluding carboxylic acids is 1. The molecule has 0 radical (unpaired) electrons. The fraction of sp³-hybridized carbons (Fsp3) is 0.318. The molecule has 28 heavy (non-hydrogen) atoms. The van der Waals surface area contributed by atoms with Crippen molar-refractivity contribution in [3.05, 3.63) is 65.7 Å². The van der Waals surface area contributed by atoms with Gasteiger partial charge in [-0.3, -0.25) is 4.79 Å². The topological polar surface area (TPSA) is 51.0 Å². The Kier molecular flexibility index (Phi) is 5.48. The van der Waals surface area contributed by atoms with E-state index in [-0.39, 0.29) is 11.2 Å². The summed E-state index contributed by atoms with van der Waals surface area (Å²) >= 11 is 1.48. The number of hydrogen-bond donors (Lipinski definition) is 0. The molecule has 0 bridgehead atoms. The summed E-state index contributed by atoms with van der Waals surface area (Å²) in [5.41, 5.74) is 3.22. The van der Waals surface area contributed by atoms with Crippen LogP contribution in [0.4, 0.5) is 0 Å². The van der Waals surface area contributed by atoms with Crippen LogP contribution in [0.3, 0.4) is 0 Å². The highest BCUT2D eigenvalue weighted by atomic mass is 32.2. The predicted octanol–water partition coefficient (Wildman–Crippen LogP) is 4.25. The first-order valence-electron chi connectivity index (χ1n) is 9.60. The summed E-state index contributed by atoms with van der Waals surface area (Å²) in [4.78, 5) is 15.2. The van der Waals surface area contributed by atoms with Gasteiger partial charge in [-0.25, -0.2) is 0 Å². The van der Waals surface area contributed by atoms with Gasteiger partial charge < -0.3 is 9.47 Å². The molecular formula is C22H24N4OS. The van der Waals surface area contributed by atoms with E-state index < -0.39 is 0 Å². The zero-order chi connectivity index (χ0) is 19.5. The molecule has 0 spiro atoms. The molecule has 6 heteroatoms. The van der Waals surface area contributed by atoms with Crippen molar-refractivity contribution in [2.24, 2.45) is 7.05 Å². The molecule has 1 aliphatic heterocycles. The number of aromatic nitrogens is 3. The number of hydrogen-bond acceptors (Lipinski definition) is 4. The van der Waals surface area contributed by atoms with E-state index in [9.17, 15) is 4.79 Å². The molecule has 144 valence electrons. The van der Waals surface area contributed by atoms with Crippen molar-refractivity contribution >= 4 is 17.7 Å². The van der Waals surface area contributed by atoms with Crippen LogP contribution in [0.1, 0.15) is 29.2 Å². The van der Waals surface area contributed by atoms with Crippen molar-refractivity contribution < 1.29 is 4.79 Å². The predicted molar refractivity (Wildman–Crippen MR) is 112 cm³/mol. The third-order valence-corrected chi connectivity index (χ3v) is 6.35. The van der Waals surface area contributed by atoms with E-state index in [4.69, 9.17) is 0 Å². The molecule has 3 aromatic rings. The van der Waals surface area contributed by atoms with E-state index >= 15 is 0 Å². The number of amides is 1. The standard InChI is InChI=1S/C22H24N4OS/c1-16-9-8-12-18(15-16)20-23-24-22(25(20)2)28-19(17-10-4-3-5-11-17)21(27)26-13-6-7-14-26/h3-5,8-12,15,19H,6-7,13-14H2,1-2H3/t19-/m1/s1. The lowest BCUT2D eigenvalue weighted by Gasteiger charge is -2.22. The Morgan fingerprint density at radius 2 is 1.79 bits per heavy atom. The largest absolute Gasteiger partial charge is 0.341 e. The van der Waals surface area contributed by atoms with Crippen molar-refractivity contribution in [2.45, 2.75) is 30.2 Å². The zero-order valence-electron chi connectivity index (χ0n) is 16.2. The van der Waals surface area contributed by atoms with Crippen molar-refractivity contribution in [2.75, 3.05) is 13.1 Å². The number of thioether (sulfide) groups is 1. The van der Waals surface area contributed by atoms with Gasteiger partial charge in [0.15, 0.2) is 11.0 Å². The maximum Gasteiger partial charge on any atom is 0.240 e. The Bertz CT molecular complexity index is 964. The molecule has 1 fully saturated rings. The molecule has 0 unspecified atom stereocenters. The SMILES string of the molecule is Cc1cccc(-c2nnc(S[C@@H](C(=O)N3CCCC3)c3ccccc3)n2C)c1. The van der Waals surface area contributed by atoms with Crippen LogP contribution in [-0.2, 0) is 11.8 Å². The lowest BCUT2D eigenvalue weighted by atomic mass is 10.1. The fourth-order valence-electron chi connectivity index (χ4n) is 3.55. The lowest BCUT2D eigenvalue weighted by Crippen LogP contribution is -2.31. The molecule has 5 nitrogen and oxygen atoms in total.